The topological polar surface area (TPSA) is 0 Å². The minimum Gasteiger partial charge on any atom is -0.203 e. The molecule has 0 amide bonds. The molecule has 1 aromatic carbocycles. The Morgan fingerprint density at radius 3 is 1.44 bits per heavy atom. The molecular weight excluding hydrogens is 342 g/mol. The van der Waals surface area contributed by atoms with Gasteiger partial charge in [0.25, 0.3) is 0 Å². The summed E-state index contributed by atoms with van der Waals surface area (Å²) in [6.07, 6.45) is -0.776. The molecule has 0 bridgehead atoms. The molecule has 0 aliphatic heterocycles. The van der Waals surface area contributed by atoms with Crippen molar-refractivity contribution in [2.75, 3.05) is 0 Å². The van der Waals surface area contributed by atoms with Crippen LogP contribution in [0.2, 0.25) is 0 Å². The summed E-state index contributed by atoms with van der Waals surface area (Å²) >= 11 is 13.3. The molecule has 0 saturated carbocycles. The van der Waals surface area contributed by atoms with Crippen LogP contribution in [0.3, 0.4) is 0 Å². The molecule has 16 heavy (non-hydrogen) atoms. The first-order valence-electron chi connectivity index (χ1n) is 3.72. The summed E-state index contributed by atoms with van der Waals surface area (Å²) in [5, 5.41) is 0. The molecule has 0 nitrogen and oxygen atoms in total. The number of rotatable bonds is 2. The maximum atomic E-state index is 13.1. The van der Waals surface area contributed by atoms with E-state index in [-0.39, 0.29) is 0 Å². The van der Waals surface area contributed by atoms with Gasteiger partial charge in [0.15, 0.2) is 26.5 Å². The van der Waals surface area contributed by atoms with Crippen LogP contribution in [0.5, 0.6) is 0 Å². The molecular formula is C8H2BrCl2F5. The summed E-state index contributed by atoms with van der Waals surface area (Å²) in [6.45, 7) is 0. The third-order valence-electron chi connectivity index (χ3n) is 1.68. The summed E-state index contributed by atoms with van der Waals surface area (Å²) in [5.41, 5.74) is -1.07. The van der Waals surface area contributed by atoms with Gasteiger partial charge in [0, 0.05) is 12.0 Å². The van der Waals surface area contributed by atoms with Gasteiger partial charge in [-0.15, -0.1) is 0 Å². The van der Waals surface area contributed by atoms with Crippen molar-refractivity contribution in [3.63, 3.8) is 0 Å². The average molecular weight is 344 g/mol. The van der Waals surface area contributed by atoms with Crippen molar-refractivity contribution in [3.8, 4) is 0 Å². The van der Waals surface area contributed by atoms with Crippen molar-refractivity contribution in [1.29, 1.82) is 0 Å². The van der Waals surface area contributed by atoms with Crippen molar-refractivity contribution in [2.45, 2.75) is 9.66 Å². The van der Waals surface area contributed by atoms with Crippen LogP contribution in [0.4, 0.5) is 22.0 Å². The minimum absolute atomic E-state index is 0.776. The van der Waals surface area contributed by atoms with Crippen molar-refractivity contribution < 1.29 is 22.0 Å². The first-order valence-corrected chi connectivity index (χ1v) is 5.27. The Labute approximate surface area is 105 Å². The molecule has 0 spiro atoms. The summed E-state index contributed by atoms with van der Waals surface area (Å²) < 4.78 is 62.4. The standard InChI is InChI=1S/C8H2BrCl2F5/c9-8(10,11)1-2-3(12)5(14)7(16)6(15)4(2)13/h1H2. The van der Waals surface area contributed by atoms with Crippen LogP contribution in [0.25, 0.3) is 0 Å². The largest absolute Gasteiger partial charge is 0.203 e. The lowest BCUT2D eigenvalue weighted by Gasteiger charge is -2.13. The van der Waals surface area contributed by atoms with E-state index in [0.717, 1.165) is 0 Å². The molecule has 0 fully saturated rings. The Morgan fingerprint density at radius 2 is 1.12 bits per heavy atom. The Morgan fingerprint density at radius 1 is 0.812 bits per heavy atom. The molecule has 0 aliphatic carbocycles. The molecule has 1 rings (SSSR count). The minimum atomic E-state index is -2.22. The fourth-order valence-corrected chi connectivity index (χ4v) is 1.55. The van der Waals surface area contributed by atoms with E-state index < -0.39 is 44.3 Å². The van der Waals surface area contributed by atoms with E-state index in [0.29, 0.717) is 0 Å². The molecule has 0 aromatic heterocycles. The van der Waals surface area contributed by atoms with Crippen molar-refractivity contribution in [3.05, 3.63) is 34.6 Å². The van der Waals surface area contributed by atoms with E-state index in [2.05, 4.69) is 15.9 Å². The Kier molecular flexibility index (Phi) is 4.08. The fraction of sp³-hybridized carbons (Fsp3) is 0.250. The van der Waals surface area contributed by atoms with E-state index in [9.17, 15) is 22.0 Å². The van der Waals surface area contributed by atoms with Gasteiger partial charge in [-0.25, -0.2) is 22.0 Å². The highest BCUT2D eigenvalue weighted by Gasteiger charge is 2.30. The van der Waals surface area contributed by atoms with Crippen molar-refractivity contribution in [1.82, 2.24) is 0 Å². The molecule has 8 heteroatoms. The number of hydrogen-bond donors (Lipinski definition) is 0. The van der Waals surface area contributed by atoms with E-state index in [1.54, 1.807) is 0 Å². The van der Waals surface area contributed by atoms with Gasteiger partial charge in [-0.3, -0.25) is 0 Å². The summed E-state index contributed by atoms with van der Waals surface area (Å²) in [4.78, 5) is 0. The van der Waals surface area contributed by atoms with Gasteiger partial charge in [0.2, 0.25) is 5.82 Å². The zero-order valence-corrected chi connectivity index (χ0v) is 10.3. The predicted octanol–water partition coefficient (Wildman–Crippen LogP) is 4.45. The zero-order chi connectivity index (χ0) is 12.7. The number of hydrogen-bond acceptors (Lipinski definition) is 0. The lowest BCUT2D eigenvalue weighted by molar-refractivity contribution is 0.370. The quantitative estimate of drug-likeness (QED) is 0.322. The monoisotopic (exact) mass is 342 g/mol. The molecule has 1 aromatic rings. The van der Waals surface area contributed by atoms with E-state index in [1.807, 2.05) is 0 Å². The maximum Gasteiger partial charge on any atom is 0.200 e. The Hall–Kier alpha value is -0.0700. The molecule has 0 atom stereocenters. The van der Waals surface area contributed by atoms with Gasteiger partial charge in [-0.05, 0) is 15.9 Å². The van der Waals surface area contributed by atoms with Gasteiger partial charge in [0.1, 0.15) is 0 Å². The molecule has 0 radical (unpaired) electrons. The smallest absolute Gasteiger partial charge is 0.200 e. The second-order valence-corrected chi connectivity index (χ2v) is 6.59. The normalized spacial score (nSPS) is 12.0. The van der Waals surface area contributed by atoms with Crippen LogP contribution in [0.1, 0.15) is 5.56 Å². The van der Waals surface area contributed by atoms with E-state index >= 15 is 0 Å². The molecule has 0 heterocycles. The predicted molar refractivity (Wildman–Crippen MR) is 53.3 cm³/mol. The van der Waals surface area contributed by atoms with E-state index in [4.69, 9.17) is 23.2 Å². The highest BCUT2D eigenvalue weighted by molar-refractivity contribution is 9.11. The molecule has 0 unspecified atom stereocenters. The Balaban J connectivity index is 3.40. The molecule has 0 aliphatic rings. The third-order valence-corrected chi connectivity index (χ3v) is 2.23. The SMILES string of the molecule is Fc1c(F)c(F)c(CC(Cl)(Cl)Br)c(F)c1F. The van der Waals surface area contributed by atoms with Crippen LogP contribution in [0, 0.1) is 29.1 Å². The third kappa shape index (κ3) is 2.78. The fourth-order valence-electron chi connectivity index (χ4n) is 1.01. The highest BCUT2D eigenvalue weighted by atomic mass is 79.9. The first-order chi connectivity index (χ1) is 7.15. The van der Waals surface area contributed by atoms with Crippen LogP contribution in [-0.4, -0.2) is 3.24 Å². The van der Waals surface area contributed by atoms with Crippen LogP contribution >= 0.6 is 39.1 Å². The summed E-state index contributed by atoms with van der Waals surface area (Å²) in [7, 11) is 0. The lowest BCUT2D eigenvalue weighted by atomic mass is 10.1. The van der Waals surface area contributed by atoms with Gasteiger partial charge >= 0.3 is 0 Å². The summed E-state index contributed by atoms with van der Waals surface area (Å²) in [5.74, 6) is -10.2. The van der Waals surface area contributed by atoms with Crippen LogP contribution < -0.4 is 0 Å². The van der Waals surface area contributed by atoms with Gasteiger partial charge in [-0.1, -0.05) is 23.2 Å². The molecule has 0 N–H and O–H groups in total. The summed E-state index contributed by atoms with van der Waals surface area (Å²) in [6, 6.07) is 0. The molecule has 0 saturated heterocycles. The Bertz CT molecular complexity index is 400. The number of halogens is 8. The number of benzene rings is 1. The van der Waals surface area contributed by atoms with Crippen molar-refractivity contribution in [2.24, 2.45) is 0 Å². The molecule has 90 valence electrons. The highest BCUT2D eigenvalue weighted by Crippen LogP contribution is 2.35. The first kappa shape index (κ1) is 14.0. The van der Waals surface area contributed by atoms with E-state index in [1.165, 1.54) is 0 Å². The second-order valence-electron chi connectivity index (χ2n) is 2.84. The van der Waals surface area contributed by atoms with Crippen LogP contribution in [-0.2, 0) is 6.42 Å². The second kappa shape index (κ2) is 4.66. The van der Waals surface area contributed by atoms with Crippen molar-refractivity contribution >= 4 is 39.1 Å². The van der Waals surface area contributed by atoms with Gasteiger partial charge in [-0.2, -0.15) is 0 Å². The van der Waals surface area contributed by atoms with Crippen LogP contribution in [0.15, 0.2) is 0 Å². The number of alkyl halides is 3. The lowest BCUT2D eigenvalue weighted by Crippen LogP contribution is -2.14. The average Bonchev–Trinajstić information content (AvgIpc) is 2.17. The zero-order valence-electron chi connectivity index (χ0n) is 7.23. The maximum absolute atomic E-state index is 13.1. The van der Waals surface area contributed by atoms with Gasteiger partial charge in [0.05, 0.1) is 0 Å². The van der Waals surface area contributed by atoms with Gasteiger partial charge < -0.3 is 0 Å².